The van der Waals surface area contributed by atoms with Crippen LogP contribution in [0.3, 0.4) is 0 Å². The molecule has 2 rings (SSSR count). The van der Waals surface area contributed by atoms with Gasteiger partial charge in [-0.1, -0.05) is 6.42 Å². The lowest BCUT2D eigenvalue weighted by molar-refractivity contribution is -0.198. The predicted octanol–water partition coefficient (Wildman–Crippen LogP) is 0.943. The summed E-state index contributed by atoms with van der Waals surface area (Å²) in [7, 11) is 0. The molecular weight excluding hydrogens is 220 g/mol. The highest BCUT2D eigenvalue weighted by Gasteiger charge is 2.24. The molecular formula is C12H20N2O3. The molecule has 2 fully saturated rings. The number of hydroxylamine groups is 2. The van der Waals surface area contributed by atoms with Crippen LogP contribution >= 0.6 is 0 Å². The van der Waals surface area contributed by atoms with Crippen LogP contribution in [-0.2, 0) is 14.4 Å². The largest absolute Gasteiger partial charge is 0.333 e. The van der Waals surface area contributed by atoms with Crippen molar-refractivity contribution < 1.29 is 14.4 Å². The van der Waals surface area contributed by atoms with E-state index in [9.17, 15) is 9.59 Å². The Balaban J connectivity index is 1.85. The van der Waals surface area contributed by atoms with E-state index in [1.165, 1.54) is 5.06 Å². The van der Waals surface area contributed by atoms with Gasteiger partial charge in [0.1, 0.15) is 6.54 Å². The van der Waals surface area contributed by atoms with Gasteiger partial charge < -0.3 is 4.90 Å². The molecule has 0 aromatic rings. The van der Waals surface area contributed by atoms with Crippen molar-refractivity contribution in [3.05, 3.63) is 0 Å². The van der Waals surface area contributed by atoms with Crippen molar-refractivity contribution in [1.82, 2.24) is 9.96 Å². The summed E-state index contributed by atoms with van der Waals surface area (Å²) in [6, 6.07) is 0. The minimum atomic E-state index is -0.0834. The number of carbonyl (C=O) groups is 2. The van der Waals surface area contributed by atoms with Gasteiger partial charge in [0.15, 0.2) is 0 Å². The fourth-order valence-electron chi connectivity index (χ4n) is 2.24. The molecule has 2 saturated heterocycles. The van der Waals surface area contributed by atoms with E-state index in [2.05, 4.69) is 0 Å². The van der Waals surface area contributed by atoms with Gasteiger partial charge in [-0.25, -0.2) is 5.06 Å². The zero-order chi connectivity index (χ0) is 12.1. The van der Waals surface area contributed by atoms with Crippen LogP contribution in [0.4, 0.5) is 0 Å². The maximum atomic E-state index is 11.9. The third-order valence-corrected chi connectivity index (χ3v) is 3.28. The molecule has 0 aromatic carbocycles. The van der Waals surface area contributed by atoms with E-state index in [-0.39, 0.29) is 18.4 Å². The van der Waals surface area contributed by atoms with Crippen molar-refractivity contribution in [2.45, 2.75) is 38.5 Å². The number of hydrogen-bond acceptors (Lipinski definition) is 3. The standard InChI is InChI=1S/C12H20N2O3/c15-11-6-2-1-3-7-13(11)10-12(16)14-8-4-5-9-17-14/h1-10H2. The Morgan fingerprint density at radius 3 is 2.71 bits per heavy atom. The van der Waals surface area contributed by atoms with E-state index in [0.717, 1.165) is 32.1 Å². The summed E-state index contributed by atoms with van der Waals surface area (Å²) in [5.41, 5.74) is 0. The zero-order valence-corrected chi connectivity index (χ0v) is 10.2. The lowest BCUT2D eigenvalue weighted by Crippen LogP contribution is -2.44. The summed E-state index contributed by atoms with van der Waals surface area (Å²) < 4.78 is 0. The van der Waals surface area contributed by atoms with Crippen molar-refractivity contribution in [1.29, 1.82) is 0 Å². The van der Waals surface area contributed by atoms with Gasteiger partial charge in [0.05, 0.1) is 6.61 Å². The van der Waals surface area contributed by atoms with Crippen LogP contribution in [-0.4, -0.2) is 48.0 Å². The van der Waals surface area contributed by atoms with E-state index in [1.54, 1.807) is 4.90 Å². The Bertz CT molecular complexity index is 287. The number of rotatable bonds is 2. The van der Waals surface area contributed by atoms with Crippen LogP contribution < -0.4 is 0 Å². The third-order valence-electron chi connectivity index (χ3n) is 3.28. The Morgan fingerprint density at radius 1 is 1.12 bits per heavy atom. The molecule has 0 aliphatic carbocycles. The second-order valence-electron chi connectivity index (χ2n) is 4.66. The molecule has 0 aromatic heterocycles. The first kappa shape index (κ1) is 12.4. The Labute approximate surface area is 102 Å². The predicted molar refractivity (Wildman–Crippen MR) is 61.9 cm³/mol. The Morgan fingerprint density at radius 2 is 1.94 bits per heavy atom. The van der Waals surface area contributed by atoms with Crippen LogP contribution in [0.15, 0.2) is 0 Å². The van der Waals surface area contributed by atoms with Crippen LogP contribution in [0.2, 0.25) is 0 Å². The minimum absolute atomic E-state index is 0.0834. The topological polar surface area (TPSA) is 49.9 Å². The van der Waals surface area contributed by atoms with E-state index in [0.29, 0.717) is 26.1 Å². The first-order valence-electron chi connectivity index (χ1n) is 6.48. The average Bonchev–Trinajstić information content (AvgIpc) is 2.56. The molecule has 0 N–H and O–H groups in total. The fraction of sp³-hybridized carbons (Fsp3) is 0.833. The summed E-state index contributed by atoms with van der Waals surface area (Å²) in [5, 5.41) is 1.42. The minimum Gasteiger partial charge on any atom is -0.333 e. The van der Waals surface area contributed by atoms with Crippen molar-refractivity contribution in [3.8, 4) is 0 Å². The van der Waals surface area contributed by atoms with Gasteiger partial charge in [0.25, 0.3) is 5.91 Å². The number of likely N-dealkylation sites (tertiary alicyclic amines) is 1. The molecule has 2 amide bonds. The monoisotopic (exact) mass is 240 g/mol. The lowest BCUT2D eigenvalue weighted by Gasteiger charge is -2.28. The van der Waals surface area contributed by atoms with Gasteiger partial charge in [-0.05, 0) is 25.7 Å². The van der Waals surface area contributed by atoms with E-state index < -0.39 is 0 Å². The summed E-state index contributed by atoms with van der Waals surface area (Å²) >= 11 is 0. The molecule has 5 heteroatoms. The van der Waals surface area contributed by atoms with Gasteiger partial charge in [-0.15, -0.1) is 0 Å². The molecule has 0 saturated carbocycles. The highest BCUT2D eigenvalue weighted by atomic mass is 16.7. The number of carbonyl (C=O) groups excluding carboxylic acids is 2. The molecule has 0 spiro atoms. The third kappa shape index (κ3) is 3.43. The second-order valence-corrected chi connectivity index (χ2v) is 4.66. The van der Waals surface area contributed by atoms with Crippen molar-refractivity contribution in [2.75, 3.05) is 26.2 Å². The van der Waals surface area contributed by atoms with E-state index in [4.69, 9.17) is 4.84 Å². The molecule has 0 radical (unpaired) electrons. The quantitative estimate of drug-likeness (QED) is 0.722. The molecule has 17 heavy (non-hydrogen) atoms. The molecule has 5 nitrogen and oxygen atoms in total. The maximum absolute atomic E-state index is 11.9. The van der Waals surface area contributed by atoms with E-state index in [1.807, 2.05) is 0 Å². The van der Waals surface area contributed by atoms with Crippen LogP contribution in [0.1, 0.15) is 38.5 Å². The van der Waals surface area contributed by atoms with Gasteiger partial charge >= 0.3 is 0 Å². The number of nitrogens with zero attached hydrogens (tertiary/aromatic N) is 2. The lowest BCUT2D eigenvalue weighted by atomic mass is 10.2. The van der Waals surface area contributed by atoms with Gasteiger partial charge in [0.2, 0.25) is 5.91 Å². The van der Waals surface area contributed by atoms with Gasteiger partial charge in [-0.2, -0.15) is 0 Å². The van der Waals surface area contributed by atoms with Crippen LogP contribution in [0.5, 0.6) is 0 Å². The molecule has 2 heterocycles. The Hall–Kier alpha value is -1.10. The molecule has 2 aliphatic heterocycles. The number of hydrogen-bond donors (Lipinski definition) is 0. The van der Waals surface area contributed by atoms with Crippen molar-refractivity contribution in [3.63, 3.8) is 0 Å². The smallest absolute Gasteiger partial charge is 0.265 e. The molecule has 0 atom stereocenters. The summed E-state index contributed by atoms with van der Waals surface area (Å²) in [6.07, 6.45) is 5.60. The van der Waals surface area contributed by atoms with E-state index >= 15 is 0 Å². The normalized spacial score (nSPS) is 22.5. The van der Waals surface area contributed by atoms with Crippen molar-refractivity contribution >= 4 is 11.8 Å². The molecule has 0 bridgehead atoms. The molecule has 2 aliphatic rings. The molecule has 96 valence electrons. The van der Waals surface area contributed by atoms with Crippen molar-refractivity contribution in [2.24, 2.45) is 0 Å². The average molecular weight is 240 g/mol. The summed E-state index contributed by atoms with van der Waals surface area (Å²) in [5.74, 6) is 0.0211. The first-order valence-corrected chi connectivity index (χ1v) is 6.48. The second kappa shape index (κ2) is 6.00. The summed E-state index contributed by atoms with van der Waals surface area (Å²) in [6.45, 7) is 2.15. The van der Waals surface area contributed by atoms with Gasteiger partial charge in [0, 0.05) is 19.5 Å². The number of amides is 2. The first-order chi connectivity index (χ1) is 8.27. The fourth-order valence-corrected chi connectivity index (χ4v) is 2.24. The Kier molecular flexibility index (Phi) is 4.36. The maximum Gasteiger partial charge on any atom is 0.265 e. The zero-order valence-electron chi connectivity index (χ0n) is 10.2. The molecule has 0 unspecified atom stereocenters. The van der Waals surface area contributed by atoms with Crippen LogP contribution in [0, 0.1) is 0 Å². The highest BCUT2D eigenvalue weighted by molar-refractivity contribution is 5.84. The van der Waals surface area contributed by atoms with Crippen LogP contribution in [0.25, 0.3) is 0 Å². The highest BCUT2D eigenvalue weighted by Crippen LogP contribution is 2.12. The summed E-state index contributed by atoms with van der Waals surface area (Å²) in [4.78, 5) is 30.6. The SMILES string of the molecule is O=C1CCCCCN1CC(=O)N1CCCCO1. The van der Waals surface area contributed by atoms with Gasteiger partial charge in [-0.3, -0.25) is 14.4 Å².